The lowest BCUT2D eigenvalue weighted by molar-refractivity contribution is 0.228. The zero-order valence-corrected chi connectivity index (χ0v) is 7.43. The Morgan fingerprint density at radius 3 is 2.09 bits per heavy atom. The summed E-state index contributed by atoms with van der Waals surface area (Å²) >= 11 is 0. The van der Waals surface area contributed by atoms with Crippen LogP contribution in [0.5, 0.6) is 0 Å². The van der Waals surface area contributed by atoms with E-state index in [1.165, 1.54) is 13.0 Å². The van der Waals surface area contributed by atoms with Crippen LogP contribution in [0.3, 0.4) is 0 Å². The van der Waals surface area contributed by atoms with Gasteiger partial charge in [0, 0.05) is 19.1 Å². The van der Waals surface area contributed by atoms with Crippen LogP contribution in [-0.4, -0.2) is 30.6 Å². The molecule has 0 aliphatic carbocycles. The first-order chi connectivity index (χ1) is 4.72. The van der Waals surface area contributed by atoms with E-state index in [9.17, 15) is 0 Å². The van der Waals surface area contributed by atoms with Gasteiger partial charge < -0.3 is 5.73 Å². The summed E-state index contributed by atoms with van der Waals surface area (Å²) in [6, 6.07) is 0.642. The van der Waals surface area contributed by atoms with Crippen molar-refractivity contribution in [3.63, 3.8) is 0 Å². The Balaban J connectivity index is 0. The van der Waals surface area contributed by atoms with Crippen molar-refractivity contribution in [3.8, 4) is 0 Å². The van der Waals surface area contributed by atoms with Crippen LogP contribution < -0.4 is 5.73 Å². The normalized spacial score (nSPS) is 10.4. The fraction of sp³-hybridized carbons (Fsp3) is 1.00. The maximum Gasteiger partial charge on any atom is 0.0107 e. The van der Waals surface area contributed by atoms with Crippen LogP contribution in [0.1, 0.15) is 34.6 Å². The lowest BCUT2D eigenvalue weighted by Gasteiger charge is -2.24. The predicted molar refractivity (Wildman–Crippen MR) is 52.8 cm³/mol. The molecule has 0 saturated heterocycles. The summed E-state index contributed by atoms with van der Waals surface area (Å²) in [6.07, 6.45) is 1.22. The van der Waals surface area contributed by atoms with E-state index in [0.29, 0.717) is 6.04 Å². The molecule has 0 unspecified atom stereocenters. The maximum absolute atomic E-state index is 5.46. The van der Waals surface area contributed by atoms with Crippen LogP contribution in [0, 0.1) is 0 Å². The van der Waals surface area contributed by atoms with Gasteiger partial charge in [-0.15, -0.1) is 0 Å². The second-order valence-corrected chi connectivity index (χ2v) is 2.92. The molecule has 70 valence electrons. The highest BCUT2D eigenvalue weighted by Gasteiger charge is 2.05. The highest BCUT2D eigenvalue weighted by Crippen LogP contribution is 1.97. The fourth-order valence-electron chi connectivity index (χ4n) is 1.08. The van der Waals surface area contributed by atoms with Gasteiger partial charge >= 0.3 is 0 Å². The van der Waals surface area contributed by atoms with E-state index in [2.05, 4.69) is 25.7 Å². The van der Waals surface area contributed by atoms with E-state index in [-0.39, 0.29) is 7.43 Å². The third-order valence-electron chi connectivity index (χ3n) is 1.66. The van der Waals surface area contributed by atoms with Gasteiger partial charge in [0.15, 0.2) is 0 Å². The smallest absolute Gasteiger partial charge is 0.0107 e. The monoisotopic (exact) mass is 160 g/mol. The van der Waals surface area contributed by atoms with E-state index >= 15 is 0 Å². The lowest BCUT2D eigenvalue weighted by atomic mass is 10.3. The van der Waals surface area contributed by atoms with Crippen molar-refractivity contribution in [1.29, 1.82) is 0 Å². The van der Waals surface area contributed by atoms with Gasteiger partial charge in [0.1, 0.15) is 0 Å². The number of nitrogens with two attached hydrogens (primary N) is 1. The van der Waals surface area contributed by atoms with Crippen LogP contribution in [-0.2, 0) is 0 Å². The standard InChI is InChI=1S/C8H20N2.CH4/c1-4-6-10(7-5-9)8(2)3;/h8H,4-7,9H2,1-3H3;1H4. The molecule has 0 aromatic carbocycles. The van der Waals surface area contributed by atoms with Gasteiger partial charge in [0.2, 0.25) is 0 Å². The van der Waals surface area contributed by atoms with Crippen LogP contribution in [0.25, 0.3) is 0 Å². The Kier molecular flexibility index (Phi) is 9.85. The van der Waals surface area contributed by atoms with Crippen molar-refractivity contribution in [2.75, 3.05) is 19.6 Å². The van der Waals surface area contributed by atoms with Crippen molar-refractivity contribution >= 4 is 0 Å². The maximum atomic E-state index is 5.46. The third kappa shape index (κ3) is 6.32. The molecule has 0 aliphatic heterocycles. The molecule has 0 saturated carbocycles. The minimum atomic E-state index is 0. The van der Waals surface area contributed by atoms with E-state index in [1.807, 2.05) is 0 Å². The van der Waals surface area contributed by atoms with Gasteiger partial charge in [-0.25, -0.2) is 0 Å². The van der Waals surface area contributed by atoms with E-state index in [4.69, 9.17) is 5.73 Å². The summed E-state index contributed by atoms with van der Waals surface area (Å²) in [6.45, 7) is 9.61. The second kappa shape index (κ2) is 8.02. The molecule has 0 rings (SSSR count). The molecule has 0 spiro atoms. The Morgan fingerprint density at radius 1 is 1.27 bits per heavy atom. The van der Waals surface area contributed by atoms with Gasteiger partial charge in [-0.2, -0.15) is 0 Å². The van der Waals surface area contributed by atoms with Crippen molar-refractivity contribution in [2.45, 2.75) is 40.7 Å². The number of rotatable bonds is 5. The largest absolute Gasteiger partial charge is 0.329 e. The molecule has 0 aromatic heterocycles. The summed E-state index contributed by atoms with van der Waals surface area (Å²) in [7, 11) is 0. The number of hydrogen-bond donors (Lipinski definition) is 1. The van der Waals surface area contributed by atoms with Crippen LogP contribution >= 0.6 is 0 Å². The van der Waals surface area contributed by atoms with Gasteiger partial charge in [-0.1, -0.05) is 14.4 Å². The summed E-state index contributed by atoms with van der Waals surface area (Å²) in [5.74, 6) is 0. The zero-order valence-electron chi connectivity index (χ0n) is 7.43. The molecular weight excluding hydrogens is 136 g/mol. The van der Waals surface area contributed by atoms with Gasteiger partial charge in [-0.3, -0.25) is 4.90 Å². The Hall–Kier alpha value is -0.0800. The quantitative estimate of drug-likeness (QED) is 0.663. The van der Waals surface area contributed by atoms with E-state index in [1.54, 1.807) is 0 Å². The first-order valence-electron chi connectivity index (χ1n) is 4.16. The molecule has 0 fully saturated rings. The molecule has 2 N–H and O–H groups in total. The molecule has 0 bridgehead atoms. The van der Waals surface area contributed by atoms with Gasteiger partial charge in [-0.05, 0) is 26.8 Å². The second-order valence-electron chi connectivity index (χ2n) is 2.92. The number of nitrogens with zero attached hydrogens (tertiary/aromatic N) is 1. The SMILES string of the molecule is C.CCCN(CCN)C(C)C. The van der Waals surface area contributed by atoms with Crippen LogP contribution in [0.2, 0.25) is 0 Å². The van der Waals surface area contributed by atoms with Crippen molar-refractivity contribution in [2.24, 2.45) is 5.73 Å². The minimum Gasteiger partial charge on any atom is -0.329 e. The van der Waals surface area contributed by atoms with Crippen molar-refractivity contribution in [3.05, 3.63) is 0 Å². The van der Waals surface area contributed by atoms with Gasteiger partial charge in [0.25, 0.3) is 0 Å². The summed E-state index contributed by atoms with van der Waals surface area (Å²) in [5.41, 5.74) is 5.46. The molecule has 0 amide bonds. The number of hydrogen-bond acceptors (Lipinski definition) is 2. The summed E-state index contributed by atoms with van der Waals surface area (Å²) in [5, 5.41) is 0. The Labute approximate surface area is 71.8 Å². The topological polar surface area (TPSA) is 29.3 Å². The molecule has 11 heavy (non-hydrogen) atoms. The van der Waals surface area contributed by atoms with Crippen molar-refractivity contribution < 1.29 is 0 Å². The lowest BCUT2D eigenvalue weighted by Crippen LogP contribution is -2.35. The Morgan fingerprint density at radius 2 is 1.82 bits per heavy atom. The first kappa shape index (κ1) is 13.5. The van der Waals surface area contributed by atoms with Crippen LogP contribution in [0.15, 0.2) is 0 Å². The molecule has 0 aliphatic rings. The molecule has 0 aromatic rings. The highest BCUT2D eigenvalue weighted by atomic mass is 15.1. The average Bonchev–Trinajstić information content (AvgIpc) is 1.87. The van der Waals surface area contributed by atoms with Gasteiger partial charge in [0.05, 0.1) is 0 Å². The molecule has 2 nitrogen and oxygen atoms in total. The molecule has 0 radical (unpaired) electrons. The molecular formula is C9H24N2. The van der Waals surface area contributed by atoms with E-state index < -0.39 is 0 Å². The Bertz CT molecular complexity index is 66.0. The summed E-state index contributed by atoms with van der Waals surface area (Å²) < 4.78 is 0. The molecule has 0 atom stereocenters. The van der Waals surface area contributed by atoms with Crippen molar-refractivity contribution in [1.82, 2.24) is 4.90 Å². The minimum absolute atomic E-state index is 0. The predicted octanol–water partition coefficient (Wildman–Crippen LogP) is 1.70. The fourth-order valence-corrected chi connectivity index (χ4v) is 1.08. The third-order valence-corrected chi connectivity index (χ3v) is 1.66. The highest BCUT2D eigenvalue weighted by molar-refractivity contribution is 4.61. The molecule has 2 heteroatoms. The first-order valence-corrected chi connectivity index (χ1v) is 4.16. The summed E-state index contributed by atoms with van der Waals surface area (Å²) in [4.78, 5) is 2.40. The molecule has 0 heterocycles. The average molecular weight is 160 g/mol. The van der Waals surface area contributed by atoms with E-state index in [0.717, 1.165) is 13.1 Å². The zero-order chi connectivity index (χ0) is 7.98. The van der Waals surface area contributed by atoms with Crippen LogP contribution in [0.4, 0.5) is 0 Å².